The molecule has 1 aromatic rings. The molecule has 2 N–H and O–H groups in total. The highest BCUT2D eigenvalue weighted by Crippen LogP contribution is 2.28. The van der Waals surface area contributed by atoms with Gasteiger partial charge in [-0.05, 0) is 44.1 Å². The van der Waals surface area contributed by atoms with Gasteiger partial charge in [-0.15, -0.1) is 11.3 Å². The number of rotatable bonds is 9. The Morgan fingerprint density at radius 2 is 2.19 bits per heavy atom. The van der Waals surface area contributed by atoms with Gasteiger partial charge in [0.1, 0.15) is 4.21 Å². The summed E-state index contributed by atoms with van der Waals surface area (Å²) in [5, 5.41) is 3.44. The molecule has 120 valence electrons. The second-order valence-corrected chi connectivity index (χ2v) is 9.50. The van der Waals surface area contributed by atoms with E-state index < -0.39 is 10.0 Å². The molecule has 1 fully saturated rings. The van der Waals surface area contributed by atoms with Crippen molar-refractivity contribution in [2.24, 2.45) is 0 Å². The molecule has 1 aromatic heterocycles. The summed E-state index contributed by atoms with van der Waals surface area (Å²) >= 11 is 3.05. The van der Waals surface area contributed by atoms with Crippen LogP contribution in [-0.2, 0) is 16.6 Å². The normalized spacial score (nSPS) is 17.1. The van der Waals surface area contributed by atoms with Crippen molar-refractivity contribution in [3.05, 3.63) is 16.5 Å². The average Bonchev–Trinajstić information content (AvgIpc) is 3.18. The molecule has 1 unspecified atom stereocenters. The van der Waals surface area contributed by atoms with Crippen LogP contribution in [0.2, 0.25) is 0 Å². The summed E-state index contributed by atoms with van der Waals surface area (Å²) in [5.41, 5.74) is 1.06. The van der Waals surface area contributed by atoms with Crippen LogP contribution in [0.25, 0.3) is 0 Å². The minimum absolute atomic E-state index is 0.000412. The van der Waals surface area contributed by atoms with Crippen LogP contribution in [-0.4, -0.2) is 32.5 Å². The van der Waals surface area contributed by atoms with Crippen LogP contribution in [0, 0.1) is 6.92 Å². The third-order valence-corrected chi connectivity index (χ3v) is 7.54. The quantitative estimate of drug-likeness (QED) is 0.720. The summed E-state index contributed by atoms with van der Waals surface area (Å²) in [5.74, 6) is 0.802. The third kappa shape index (κ3) is 4.96. The Morgan fingerprint density at radius 1 is 1.48 bits per heavy atom. The van der Waals surface area contributed by atoms with Gasteiger partial charge in [0.25, 0.3) is 0 Å². The Hall–Kier alpha value is -0.0800. The number of sulfonamides is 1. The van der Waals surface area contributed by atoms with Gasteiger partial charge in [-0.25, -0.2) is 13.1 Å². The Kier molecular flexibility index (Phi) is 6.14. The fourth-order valence-electron chi connectivity index (χ4n) is 2.03. The van der Waals surface area contributed by atoms with Crippen LogP contribution < -0.4 is 10.0 Å². The van der Waals surface area contributed by atoms with Crippen LogP contribution in [0.3, 0.4) is 0 Å². The first-order valence-corrected chi connectivity index (χ1v) is 11.0. The van der Waals surface area contributed by atoms with E-state index in [2.05, 4.69) is 10.0 Å². The van der Waals surface area contributed by atoms with Gasteiger partial charge < -0.3 is 5.32 Å². The van der Waals surface area contributed by atoms with Gasteiger partial charge in [0.2, 0.25) is 10.0 Å². The van der Waals surface area contributed by atoms with Crippen LogP contribution in [0.15, 0.2) is 10.3 Å². The van der Waals surface area contributed by atoms with Crippen LogP contribution in [0.1, 0.15) is 36.6 Å². The Bertz CT molecular complexity index is 565. The van der Waals surface area contributed by atoms with Gasteiger partial charge in [0.15, 0.2) is 0 Å². The minimum atomic E-state index is -3.39. The highest BCUT2D eigenvalue weighted by molar-refractivity contribution is 7.98. The predicted octanol–water partition coefficient (Wildman–Crippen LogP) is 2.73. The van der Waals surface area contributed by atoms with Crippen LogP contribution in [0.5, 0.6) is 0 Å². The monoisotopic (exact) mass is 348 g/mol. The van der Waals surface area contributed by atoms with Crippen molar-refractivity contribution in [3.63, 3.8) is 0 Å². The molecular formula is C14H24N2O2S3. The number of thiophene rings is 1. The van der Waals surface area contributed by atoms with Crippen LogP contribution >= 0.6 is 23.1 Å². The topological polar surface area (TPSA) is 58.2 Å². The van der Waals surface area contributed by atoms with Crippen molar-refractivity contribution in [3.8, 4) is 0 Å². The third-order valence-electron chi connectivity index (χ3n) is 3.57. The second-order valence-electron chi connectivity index (χ2n) is 5.51. The summed E-state index contributed by atoms with van der Waals surface area (Å²) in [6, 6.07) is 2.43. The number of hydrogen-bond acceptors (Lipinski definition) is 5. The number of aryl methyl sites for hydroxylation is 1. The number of nitrogens with one attached hydrogen (secondary N) is 2. The first-order chi connectivity index (χ1) is 9.96. The van der Waals surface area contributed by atoms with E-state index in [1.807, 2.05) is 20.1 Å². The summed E-state index contributed by atoms with van der Waals surface area (Å²) in [6.45, 7) is 4.77. The zero-order valence-electron chi connectivity index (χ0n) is 12.8. The molecule has 1 saturated carbocycles. The zero-order valence-corrected chi connectivity index (χ0v) is 15.3. The smallest absolute Gasteiger partial charge is 0.250 e. The lowest BCUT2D eigenvalue weighted by Crippen LogP contribution is -2.35. The second kappa shape index (κ2) is 7.46. The summed E-state index contributed by atoms with van der Waals surface area (Å²) in [7, 11) is -3.39. The summed E-state index contributed by atoms with van der Waals surface area (Å²) in [4.78, 5) is 1.13. The SMILES string of the molecule is CCC(CSC)NS(=O)(=O)c1cc(C)c(CNC2CC2)s1. The van der Waals surface area contributed by atoms with Gasteiger partial charge in [0, 0.05) is 29.3 Å². The van der Waals surface area contributed by atoms with Gasteiger partial charge in [-0.2, -0.15) is 11.8 Å². The van der Waals surface area contributed by atoms with E-state index in [0.717, 1.165) is 29.2 Å². The summed E-state index contributed by atoms with van der Waals surface area (Å²) in [6.07, 6.45) is 5.28. The van der Waals surface area contributed by atoms with E-state index in [9.17, 15) is 8.42 Å². The molecule has 0 saturated heterocycles. The largest absolute Gasteiger partial charge is 0.309 e. The van der Waals surface area contributed by atoms with Gasteiger partial charge >= 0.3 is 0 Å². The van der Waals surface area contributed by atoms with Crippen molar-refractivity contribution >= 4 is 33.1 Å². The molecule has 1 aliphatic rings. The van der Waals surface area contributed by atoms with E-state index >= 15 is 0 Å². The average molecular weight is 349 g/mol. The maximum absolute atomic E-state index is 12.5. The fourth-order valence-corrected chi connectivity index (χ4v) is 5.74. The Balaban J connectivity index is 2.06. The highest BCUT2D eigenvalue weighted by atomic mass is 32.2. The predicted molar refractivity (Wildman–Crippen MR) is 91.7 cm³/mol. The maximum Gasteiger partial charge on any atom is 0.250 e. The van der Waals surface area contributed by atoms with Gasteiger partial charge in [-0.1, -0.05) is 6.92 Å². The highest BCUT2D eigenvalue weighted by Gasteiger charge is 2.24. The van der Waals surface area contributed by atoms with Crippen molar-refractivity contribution in [1.82, 2.24) is 10.0 Å². The lowest BCUT2D eigenvalue weighted by molar-refractivity contribution is 0.560. The van der Waals surface area contributed by atoms with Crippen molar-refractivity contribution < 1.29 is 8.42 Å². The molecule has 0 aliphatic heterocycles. The van der Waals surface area contributed by atoms with Crippen molar-refractivity contribution in [2.45, 2.75) is 55.9 Å². The minimum Gasteiger partial charge on any atom is -0.309 e. The molecule has 1 heterocycles. The fraction of sp³-hybridized carbons (Fsp3) is 0.714. The molecule has 0 amide bonds. The van der Waals surface area contributed by atoms with Gasteiger partial charge in [-0.3, -0.25) is 0 Å². The number of hydrogen-bond donors (Lipinski definition) is 2. The van der Waals surface area contributed by atoms with E-state index in [1.165, 1.54) is 24.2 Å². The zero-order chi connectivity index (χ0) is 15.5. The summed E-state index contributed by atoms with van der Waals surface area (Å²) < 4.78 is 28.2. The standard InChI is InChI=1S/C14H24N2O2S3/c1-4-11(9-19-3)16-21(17,18)14-7-10(2)13(20-14)8-15-12-5-6-12/h7,11-12,15-16H,4-6,8-9H2,1-3H3. The molecule has 7 heteroatoms. The molecule has 2 rings (SSSR count). The molecule has 1 aliphatic carbocycles. The van der Waals surface area contributed by atoms with Crippen LogP contribution in [0.4, 0.5) is 0 Å². The molecule has 0 aromatic carbocycles. The molecule has 4 nitrogen and oxygen atoms in total. The van der Waals surface area contributed by atoms with E-state index in [1.54, 1.807) is 17.8 Å². The van der Waals surface area contributed by atoms with E-state index in [4.69, 9.17) is 0 Å². The van der Waals surface area contributed by atoms with Gasteiger partial charge in [0.05, 0.1) is 0 Å². The van der Waals surface area contributed by atoms with Crippen molar-refractivity contribution in [1.29, 1.82) is 0 Å². The molecule has 0 spiro atoms. The maximum atomic E-state index is 12.5. The molecule has 0 bridgehead atoms. The molecule has 21 heavy (non-hydrogen) atoms. The first-order valence-electron chi connectivity index (χ1n) is 7.30. The lowest BCUT2D eigenvalue weighted by atomic mass is 10.3. The molecule has 1 atom stereocenters. The Morgan fingerprint density at radius 3 is 2.76 bits per heavy atom. The number of thioether (sulfide) groups is 1. The lowest BCUT2D eigenvalue weighted by Gasteiger charge is -2.14. The van der Waals surface area contributed by atoms with E-state index in [-0.39, 0.29) is 6.04 Å². The first kappa shape index (κ1) is 17.3. The Labute approximate surface area is 136 Å². The molecular weight excluding hydrogens is 324 g/mol. The van der Waals surface area contributed by atoms with Crippen molar-refractivity contribution in [2.75, 3.05) is 12.0 Å². The molecule has 0 radical (unpaired) electrons. The van der Waals surface area contributed by atoms with E-state index in [0.29, 0.717) is 10.3 Å².